The van der Waals surface area contributed by atoms with Crippen molar-refractivity contribution in [1.29, 1.82) is 0 Å². The fourth-order valence-corrected chi connectivity index (χ4v) is 1.12. The van der Waals surface area contributed by atoms with Crippen LogP contribution in [0.25, 0.3) is 0 Å². The van der Waals surface area contributed by atoms with Crippen LogP contribution in [-0.4, -0.2) is 22.2 Å². The second-order valence-electron chi connectivity index (χ2n) is 3.29. The van der Waals surface area contributed by atoms with Gasteiger partial charge in [0.25, 0.3) is 0 Å². The highest BCUT2D eigenvalue weighted by atomic mass is 16.5. The molecule has 0 aliphatic carbocycles. The van der Waals surface area contributed by atoms with E-state index in [4.69, 9.17) is 0 Å². The number of aromatic nitrogens is 2. The Hall–Kier alpha value is -1.59. The predicted molar refractivity (Wildman–Crippen MR) is 53.4 cm³/mol. The Bertz CT molecular complexity index is 380. The summed E-state index contributed by atoms with van der Waals surface area (Å²) in [5, 5.41) is 6.17. The molecule has 1 aromatic rings. The lowest BCUT2D eigenvalue weighted by Crippen LogP contribution is -2.31. The predicted octanol–water partition coefficient (Wildman–Crippen LogP) is 0.0610. The molecule has 0 aromatic carbocycles. The fourth-order valence-electron chi connectivity index (χ4n) is 1.12. The molecule has 0 atom stereocenters. The van der Waals surface area contributed by atoms with E-state index in [9.17, 15) is 9.59 Å². The first-order valence-electron chi connectivity index (χ1n) is 4.95. The van der Waals surface area contributed by atoms with E-state index in [2.05, 4.69) is 15.0 Å². The second kappa shape index (κ2) is 5.33. The van der Waals surface area contributed by atoms with Gasteiger partial charge in [0.2, 0.25) is 5.91 Å². The molecule has 1 aromatic heterocycles. The molecule has 1 heterocycles. The molecular weight excluding hydrogens is 198 g/mol. The van der Waals surface area contributed by atoms with Crippen LogP contribution >= 0.6 is 0 Å². The minimum Gasteiger partial charge on any atom is -0.355 e. The van der Waals surface area contributed by atoms with Gasteiger partial charge in [-0.1, -0.05) is 18.5 Å². The van der Waals surface area contributed by atoms with Crippen molar-refractivity contribution in [2.24, 2.45) is 0 Å². The number of amides is 1. The van der Waals surface area contributed by atoms with Gasteiger partial charge in [-0.3, -0.25) is 13.9 Å². The molecule has 6 heteroatoms. The average Bonchev–Trinajstić information content (AvgIpc) is 2.50. The van der Waals surface area contributed by atoms with Crippen LogP contribution in [0.1, 0.15) is 25.6 Å². The number of rotatable bonds is 5. The van der Waals surface area contributed by atoms with Crippen LogP contribution in [0.2, 0.25) is 0 Å². The Morgan fingerprint density at radius 1 is 1.60 bits per heavy atom. The quantitative estimate of drug-likeness (QED) is 0.702. The lowest BCUT2D eigenvalue weighted by atomic mass is 10.3. The molecule has 0 spiro atoms. The molecule has 1 N–H and O–H groups in total. The van der Waals surface area contributed by atoms with Crippen LogP contribution in [0, 0.1) is 6.92 Å². The number of nitrogens with one attached hydrogen (secondary N) is 1. The van der Waals surface area contributed by atoms with Gasteiger partial charge in [0.15, 0.2) is 5.82 Å². The molecule has 15 heavy (non-hydrogen) atoms. The zero-order valence-corrected chi connectivity index (χ0v) is 8.95. The molecule has 0 fully saturated rings. The van der Waals surface area contributed by atoms with Crippen LogP contribution in [0.4, 0.5) is 0 Å². The minimum atomic E-state index is -0.599. The number of unbranched alkanes of at least 4 members (excludes halogenated alkanes) is 1. The Labute approximate surface area is 87.3 Å². The number of aryl methyl sites for hydroxylation is 1. The highest BCUT2D eigenvalue weighted by Crippen LogP contribution is 1.89. The molecule has 0 saturated carbocycles. The van der Waals surface area contributed by atoms with E-state index < -0.39 is 5.76 Å². The van der Waals surface area contributed by atoms with E-state index in [0.29, 0.717) is 12.4 Å². The number of hydrogen-bond donors (Lipinski definition) is 1. The summed E-state index contributed by atoms with van der Waals surface area (Å²) in [5.74, 6) is -0.388. The molecule has 1 amide bonds. The summed E-state index contributed by atoms with van der Waals surface area (Å²) in [5.41, 5.74) is 0. The Balaban J connectivity index is 2.48. The third-order valence-electron chi connectivity index (χ3n) is 2.02. The SMILES string of the molecule is CCCCNC(=O)Cn1c(C)noc1=O. The maximum atomic E-state index is 11.3. The molecule has 0 radical (unpaired) electrons. The van der Waals surface area contributed by atoms with Crippen molar-refractivity contribution in [2.45, 2.75) is 33.2 Å². The Morgan fingerprint density at radius 2 is 2.33 bits per heavy atom. The lowest BCUT2D eigenvalue weighted by molar-refractivity contribution is -0.121. The summed E-state index contributed by atoms with van der Waals surface area (Å²) in [6.07, 6.45) is 1.95. The van der Waals surface area contributed by atoms with Crippen LogP contribution in [0.3, 0.4) is 0 Å². The van der Waals surface area contributed by atoms with E-state index in [1.165, 1.54) is 4.57 Å². The smallest absolute Gasteiger partial charge is 0.355 e. The average molecular weight is 213 g/mol. The van der Waals surface area contributed by atoms with Crippen LogP contribution in [-0.2, 0) is 11.3 Å². The molecular formula is C9H15N3O3. The Kier molecular flexibility index (Phi) is 4.08. The molecule has 0 aliphatic rings. The van der Waals surface area contributed by atoms with E-state index in [-0.39, 0.29) is 12.5 Å². The summed E-state index contributed by atoms with van der Waals surface area (Å²) in [7, 11) is 0. The van der Waals surface area contributed by atoms with Crippen LogP contribution < -0.4 is 11.1 Å². The first-order chi connectivity index (χ1) is 7.15. The highest BCUT2D eigenvalue weighted by molar-refractivity contribution is 5.75. The number of carbonyl (C=O) groups excluding carboxylic acids is 1. The Morgan fingerprint density at radius 3 is 2.87 bits per heavy atom. The maximum Gasteiger partial charge on any atom is 0.442 e. The second-order valence-corrected chi connectivity index (χ2v) is 3.29. The monoisotopic (exact) mass is 213 g/mol. The van der Waals surface area contributed by atoms with Crippen molar-refractivity contribution in [3.8, 4) is 0 Å². The number of nitrogens with zero attached hydrogens (tertiary/aromatic N) is 2. The van der Waals surface area contributed by atoms with E-state index in [1.54, 1.807) is 6.92 Å². The normalized spacial score (nSPS) is 10.3. The highest BCUT2D eigenvalue weighted by Gasteiger charge is 2.09. The molecule has 0 saturated heterocycles. The summed E-state index contributed by atoms with van der Waals surface area (Å²) < 4.78 is 5.59. The van der Waals surface area contributed by atoms with Crippen molar-refractivity contribution in [2.75, 3.05) is 6.54 Å². The van der Waals surface area contributed by atoms with Gasteiger partial charge < -0.3 is 5.32 Å². The van der Waals surface area contributed by atoms with Gasteiger partial charge in [0, 0.05) is 6.54 Å². The van der Waals surface area contributed by atoms with Gasteiger partial charge in [0.1, 0.15) is 6.54 Å². The van der Waals surface area contributed by atoms with Gasteiger partial charge in [-0.25, -0.2) is 4.79 Å². The van der Waals surface area contributed by atoms with Crippen molar-refractivity contribution in [1.82, 2.24) is 15.0 Å². The largest absolute Gasteiger partial charge is 0.442 e. The zero-order valence-electron chi connectivity index (χ0n) is 8.95. The van der Waals surface area contributed by atoms with Crippen molar-refractivity contribution in [3.63, 3.8) is 0 Å². The van der Waals surface area contributed by atoms with Crippen LogP contribution in [0.5, 0.6) is 0 Å². The third kappa shape index (κ3) is 3.23. The fraction of sp³-hybridized carbons (Fsp3) is 0.667. The topological polar surface area (TPSA) is 77.1 Å². The molecule has 0 bridgehead atoms. The van der Waals surface area contributed by atoms with E-state index in [1.807, 2.05) is 6.92 Å². The van der Waals surface area contributed by atoms with Gasteiger partial charge in [-0.15, -0.1) is 0 Å². The van der Waals surface area contributed by atoms with Crippen molar-refractivity contribution >= 4 is 5.91 Å². The molecule has 0 unspecified atom stereocenters. The first-order valence-corrected chi connectivity index (χ1v) is 4.95. The van der Waals surface area contributed by atoms with Crippen LogP contribution in [0.15, 0.2) is 9.32 Å². The van der Waals surface area contributed by atoms with Gasteiger partial charge in [-0.2, -0.15) is 0 Å². The standard InChI is InChI=1S/C9H15N3O3/c1-3-4-5-10-8(13)6-12-7(2)11-15-9(12)14/h3-6H2,1-2H3,(H,10,13). The zero-order chi connectivity index (χ0) is 11.3. The number of carbonyl (C=O) groups is 1. The first kappa shape index (κ1) is 11.5. The molecule has 84 valence electrons. The lowest BCUT2D eigenvalue weighted by Gasteiger charge is -2.03. The number of hydrogen-bond acceptors (Lipinski definition) is 4. The molecule has 0 aliphatic heterocycles. The summed E-state index contributed by atoms with van der Waals surface area (Å²) in [6.45, 7) is 4.26. The summed E-state index contributed by atoms with van der Waals surface area (Å²) >= 11 is 0. The molecule has 1 rings (SSSR count). The summed E-state index contributed by atoms with van der Waals surface area (Å²) in [4.78, 5) is 22.4. The van der Waals surface area contributed by atoms with Gasteiger partial charge in [0.05, 0.1) is 0 Å². The summed E-state index contributed by atoms with van der Waals surface area (Å²) in [6, 6.07) is 0. The maximum absolute atomic E-state index is 11.3. The van der Waals surface area contributed by atoms with E-state index in [0.717, 1.165) is 12.8 Å². The third-order valence-corrected chi connectivity index (χ3v) is 2.02. The van der Waals surface area contributed by atoms with Crippen molar-refractivity contribution < 1.29 is 9.32 Å². The minimum absolute atomic E-state index is 0.0299. The van der Waals surface area contributed by atoms with E-state index >= 15 is 0 Å². The molecule has 6 nitrogen and oxygen atoms in total. The van der Waals surface area contributed by atoms with Crippen molar-refractivity contribution in [3.05, 3.63) is 16.4 Å². The van der Waals surface area contributed by atoms with Gasteiger partial charge >= 0.3 is 5.76 Å². The van der Waals surface area contributed by atoms with Gasteiger partial charge in [-0.05, 0) is 13.3 Å².